The second-order valence-corrected chi connectivity index (χ2v) is 5.41. The summed E-state index contributed by atoms with van der Waals surface area (Å²) in [6, 6.07) is 3.36. The Kier molecular flexibility index (Phi) is 5.00. The first-order valence-corrected chi connectivity index (χ1v) is 7.30. The number of carbonyl (C=O) groups is 1. The van der Waals surface area contributed by atoms with Crippen molar-refractivity contribution < 1.29 is 4.79 Å². The Morgan fingerprint density at radius 1 is 1.35 bits per heavy atom. The Bertz CT molecular complexity index is 557. The molecule has 106 valence electrons. The van der Waals surface area contributed by atoms with Crippen molar-refractivity contribution >= 4 is 22.5 Å². The average molecular weight is 291 g/mol. The molecule has 0 bridgehead atoms. The first-order chi connectivity index (χ1) is 9.69. The monoisotopic (exact) mass is 291 g/mol. The highest BCUT2D eigenvalue weighted by atomic mass is 32.1. The minimum Gasteiger partial charge on any atom is -0.331 e. The molecule has 2 N–H and O–H groups in total. The number of pyridine rings is 1. The van der Waals surface area contributed by atoms with Crippen LogP contribution in [0.3, 0.4) is 0 Å². The molecule has 7 heteroatoms. The Morgan fingerprint density at radius 3 is 2.80 bits per heavy atom. The van der Waals surface area contributed by atoms with E-state index in [4.69, 9.17) is 0 Å². The van der Waals surface area contributed by atoms with Crippen molar-refractivity contribution in [1.82, 2.24) is 20.5 Å². The van der Waals surface area contributed by atoms with E-state index in [0.29, 0.717) is 5.13 Å². The Morgan fingerprint density at radius 2 is 2.10 bits per heavy atom. The van der Waals surface area contributed by atoms with Gasteiger partial charge in [-0.1, -0.05) is 18.3 Å². The molecule has 0 unspecified atom stereocenters. The maximum Gasteiger partial charge on any atom is 0.321 e. The summed E-state index contributed by atoms with van der Waals surface area (Å²) < 4.78 is 0. The van der Waals surface area contributed by atoms with Crippen LogP contribution < -0.4 is 10.6 Å². The molecule has 0 aliphatic carbocycles. The van der Waals surface area contributed by atoms with Gasteiger partial charge in [0.05, 0.1) is 6.04 Å². The van der Waals surface area contributed by atoms with E-state index in [0.717, 1.165) is 23.4 Å². The molecule has 0 saturated carbocycles. The van der Waals surface area contributed by atoms with Gasteiger partial charge in [-0.15, -0.1) is 10.2 Å². The van der Waals surface area contributed by atoms with Gasteiger partial charge in [0.25, 0.3) is 0 Å². The van der Waals surface area contributed by atoms with E-state index in [2.05, 4.69) is 32.7 Å². The predicted octanol–water partition coefficient (Wildman–Crippen LogP) is 2.77. The van der Waals surface area contributed by atoms with Gasteiger partial charge < -0.3 is 5.32 Å². The fourth-order valence-corrected chi connectivity index (χ4v) is 2.52. The third-order valence-corrected chi connectivity index (χ3v) is 3.60. The zero-order chi connectivity index (χ0) is 14.4. The molecule has 0 radical (unpaired) electrons. The number of amides is 2. The van der Waals surface area contributed by atoms with E-state index >= 15 is 0 Å². The van der Waals surface area contributed by atoms with Crippen molar-refractivity contribution in [2.24, 2.45) is 0 Å². The third kappa shape index (κ3) is 3.99. The van der Waals surface area contributed by atoms with Gasteiger partial charge in [-0.3, -0.25) is 10.3 Å². The summed E-state index contributed by atoms with van der Waals surface area (Å²) in [7, 11) is 0. The van der Waals surface area contributed by atoms with Gasteiger partial charge in [-0.2, -0.15) is 0 Å². The fourth-order valence-electron chi connectivity index (χ4n) is 1.68. The quantitative estimate of drug-likeness (QED) is 0.887. The molecule has 2 aromatic heterocycles. The minimum absolute atomic E-state index is 0.0963. The topological polar surface area (TPSA) is 79.8 Å². The normalized spacial score (nSPS) is 11.9. The molecule has 20 heavy (non-hydrogen) atoms. The number of hydrogen-bond donors (Lipinski definition) is 2. The molecular weight excluding hydrogens is 274 g/mol. The number of rotatable bonds is 5. The average Bonchev–Trinajstić information content (AvgIpc) is 2.87. The van der Waals surface area contributed by atoms with Crippen molar-refractivity contribution in [3.63, 3.8) is 0 Å². The van der Waals surface area contributed by atoms with Gasteiger partial charge in [0.2, 0.25) is 5.13 Å². The van der Waals surface area contributed by atoms with Gasteiger partial charge in [0.1, 0.15) is 5.01 Å². The van der Waals surface area contributed by atoms with Crippen molar-refractivity contribution in [3.05, 3.63) is 35.1 Å². The van der Waals surface area contributed by atoms with Crippen LogP contribution in [0.2, 0.25) is 0 Å². The number of nitrogens with one attached hydrogen (secondary N) is 2. The summed E-state index contributed by atoms with van der Waals surface area (Å²) in [6.45, 7) is 4.00. The van der Waals surface area contributed by atoms with Crippen molar-refractivity contribution in [2.75, 3.05) is 5.32 Å². The van der Waals surface area contributed by atoms with Gasteiger partial charge in [-0.05, 0) is 31.0 Å². The highest BCUT2D eigenvalue weighted by Crippen LogP contribution is 2.17. The molecular formula is C13H17N5OS. The largest absolute Gasteiger partial charge is 0.331 e. The van der Waals surface area contributed by atoms with Crippen LogP contribution in [0.25, 0.3) is 0 Å². The van der Waals surface area contributed by atoms with E-state index < -0.39 is 0 Å². The van der Waals surface area contributed by atoms with Gasteiger partial charge in [0, 0.05) is 18.8 Å². The highest BCUT2D eigenvalue weighted by Gasteiger charge is 2.11. The summed E-state index contributed by atoms with van der Waals surface area (Å²) in [6.07, 6.45) is 5.30. The van der Waals surface area contributed by atoms with Crippen LogP contribution in [0.4, 0.5) is 9.93 Å². The fraction of sp³-hybridized carbons (Fsp3) is 0.385. The lowest BCUT2D eigenvalue weighted by atomic mass is 10.1. The summed E-state index contributed by atoms with van der Waals surface area (Å²) in [4.78, 5) is 15.8. The van der Waals surface area contributed by atoms with E-state index in [9.17, 15) is 4.79 Å². The molecule has 2 heterocycles. The summed E-state index contributed by atoms with van der Waals surface area (Å²) >= 11 is 1.40. The molecule has 0 aromatic carbocycles. The number of urea groups is 1. The Hall–Kier alpha value is -2.02. The predicted molar refractivity (Wildman–Crippen MR) is 78.7 cm³/mol. The van der Waals surface area contributed by atoms with Crippen LogP contribution in [0.15, 0.2) is 24.5 Å². The number of nitrogens with zero attached hydrogens (tertiary/aromatic N) is 3. The van der Waals surface area contributed by atoms with Crippen LogP contribution in [0, 0.1) is 0 Å². The number of anilines is 1. The molecule has 0 aliphatic heterocycles. The lowest BCUT2D eigenvalue weighted by molar-refractivity contribution is 0.249. The van der Waals surface area contributed by atoms with Crippen molar-refractivity contribution in [3.8, 4) is 0 Å². The number of hydrogen-bond acceptors (Lipinski definition) is 5. The van der Waals surface area contributed by atoms with Crippen molar-refractivity contribution in [1.29, 1.82) is 0 Å². The standard InChI is InChI=1S/C13H17N5OS/c1-3-4-11-17-18-13(20-11)16-12(19)15-9(2)10-5-7-14-8-6-10/h5-9H,3-4H2,1-2H3,(H2,15,16,18,19)/t9-/m0/s1. The molecule has 6 nitrogen and oxygen atoms in total. The molecule has 2 aromatic rings. The first-order valence-electron chi connectivity index (χ1n) is 6.49. The maximum atomic E-state index is 11.9. The summed E-state index contributed by atoms with van der Waals surface area (Å²) in [5.41, 5.74) is 0.999. The Balaban J connectivity index is 1.88. The lowest BCUT2D eigenvalue weighted by Gasteiger charge is -2.13. The van der Waals surface area contributed by atoms with Gasteiger partial charge >= 0.3 is 6.03 Å². The van der Waals surface area contributed by atoms with E-state index in [1.807, 2.05) is 19.1 Å². The molecule has 0 fully saturated rings. The zero-order valence-electron chi connectivity index (χ0n) is 11.5. The molecule has 2 amide bonds. The molecule has 2 rings (SSSR count). The van der Waals surface area contributed by atoms with Crippen molar-refractivity contribution in [2.45, 2.75) is 32.7 Å². The molecule has 0 saturated heterocycles. The van der Waals surface area contributed by atoms with Crippen LogP contribution in [0.5, 0.6) is 0 Å². The van der Waals surface area contributed by atoms with Gasteiger partial charge in [0.15, 0.2) is 0 Å². The van der Waals surface area contributed by atoms with Crippen LogP contribution >= 0.6 is 11.3 Å². The second-order valence-electron chi connectivity index (χ2n) is 4.35. The molecule has 1 atom stereocenters. The summed E-state index contributed by atoms with van der Waals surface area (Å²) in [5, 5.41) is 15.0. The number of aromatic nitrogens is 3. The zero-order valence-corrected chi connectivity index (χ0v) is 12.3. The first kappa shape index (κ1) is 14.4. The number of aryl methyl sites for hydroxylation is 1. The van der Waals surface area contributed by atoms with E-state index in [-0.39, 0.29) is 12.1 Å². The van der Waals surface area contributed by atoms with Crippen LogP contribution in [-0.2, 0) is 6.42 Å². The SMILES string of the molecule is CCCc1nnc(NC(=O)N[C@@H](C)c2ccncc2)s1. The second kappa shape index (κ2) is 6.95. The molecule has 0 aliphatic rings. The smallest absolute Gasteiger partial charge is 0.321 e. The van der Waals surface area contributed by atoms with E-state index in [1.165, 1.54) is 11.3 Å². The minimum atomic E-state index is -0.284. The van der Waals surface area contributed by atoms with Gasteiger partial charge in [-0.25, -0.2) is 4.79 Å². The summed E-state index contributed by atoms with van der Waals surface area (Å²) in [5.74, 6) is 0. The van der Waals surface area contributed by atoms with E-state index in [1.54, 1.807) is 12.4 Å². The Labute approximate surface area is 121 Å². The third-order valence-electron chi connectivity index (χ3n) is 2.70. The lowest BCUT2D eigenvalue weighted by Crippen LogP contribution is -2.31. The highest BCUT2D eigenvalue weighted by molar-refractivity contribution is 7.15. The molecule has 0 spiro atoms. The van der Waals surface area contributed by atoms with Crippen LogP contribution in [0.1, 0.15) is 36.9 Å². The van der Waals surface area contributed by atoms with Crippen LogP contribution in [-0.4, -0.2) is 21.2 Å². The maximum absolute atomic E-state index is 11.9. The number of carbonyl (C=O) groups excluding carboxylic acids is 1.